The van der Waals surface area contributed by atoms with Crippen LogP contribution in [0, 0.1) is 5.82 Å². The van der Waals surface area contributed by atoms with Gasteiger partial charge in [-0.2, -0.15) is 17.9 Å². The number of sulfonamides is 1. The fourth-order valence-corrected chi connectivity index (χ4v) is 5.06. The van der Waals surface area contributed by atoms with Gasteiger partial charge in [-0.15, -0.1) is 0 Å². The second-order valence-electron chi connectivity index (χ2n) is 7.17. The van der Waals surface area contributed by atoms with Crippen molar-refractivity contribution >= 4 is 38.9 Å². The van der Waals surface area contributed by atoms with Crippen molar-refractivity contribution < 1.29 is 27.1 Å². The van der Waals surface area contributed by atoms with Crippen LogP contribution in [0.1, 0.15) is 11.1 Å². The highest BCUT2D eigenvalue weighted by molar-refractivity contribution is 7.89. The van der Waals surface area contributed by atoms with Gasteiger partial charge in [0, 0.05) is 27.9 Å². The molecule has 0 saturated carbocycles. The van der Waals surface area contributed by atoms with Crippen LogP contribution < -0.4 is 14.8 Å². The van der Waals surface area contributed by atoms with Gasteiger partial charge in [0.25, 0.3) is 10.0 Å². The van der Waals surface area contributed by atoms with Crippen molar-refractivity contribution in [3.8, 4) is 11.5 Å². The molecular weight excluding hydrogens is 473 g/mol. The normalized spacial score (nSPS) is 15.6. The number of rotatable bonds is 4. The third kappa shape index (κ3) is 3.87. The number of hydrogen-bond acceptors (Lipinski definition) is 6. The number of ether oxygens (including phenoxy) is 2. The number of fused-ring (bicyclic) bond motifs is 2. The highest BCUT2D eigenvalue weighted by Crippen LogP contribution is 2.35. The van der Waals surface area contributed by atoms with Crippen molar-refractivity contribution in [1.29, 1.82) is 0 Å². The molecule has 0 unspecified atom stereocenters. The smallest absolute Gasteiger partial charge is 0.280 e. The van der Waals surface area contributed by atoms with Gasteiger partial charge < -0.3 is 14.8 Å². The monoisotopic (exact) mass is 487 g/mol. The summed E-state index contributed by atoms with van der Waals surface area (Å²) in [6, 6.07) is 14.7. The molecule has 0 fully saturated rings. The van der Waals surface area contributed by atoms with Crippen LogP contribution in [0.2, 0.25) is 5.02 Å². The first-order valence-corrected chi connectivity index (χ1v) is 11.5. The average molecular weight is 488 g/mol. The Hall–Kier alpha value is -3.63. The van der Waals surface area contributed by atoms with Gasteiger partial charge >= 0.3 is 0 Å². The second kappa shape index (κ2) is 8.05. The molecule has 3 aromatic rings. The standard InChI is InChI=1S/C22H15ClFN3O5S/c23-13-5-8-20-16(9-13)22(15-3-1-2-4-17(15)24)26-27(33(20,29)30)11-21(28)25-14-6-7-18-19(10-14)32-12-31-18/h1-10H,11-12H2,(H,25,28). The molecule has 2 aliphatic rings. The fraction of sp³-hybridized carbons (Fsp3) is 0.0909. The van der Waals surface area contributed by atoms with E-state index in [0.717, 1.165) is 0 Å². The van der Waals surface area contributed by atoms with Crippen LogP contribution in [-0.2, 0) is 14.8 Å². The number of benzene rings is 3. The number of nitrogens with zero attached hydrogens (tertiary/aromatic N) is 2. The summed E-state index contributed by atoms with van der Waals surface area (Å²) in [6.07, 6.45) is 0. The van der Waals surface area contributed by atoms with E-state index < -0.39 is 28.3 Å². The van der Waals surface area contributed by atoms with Crippen molar-refractivity contribution in [1.82, 2.24) is 4.41 Å². The molecule has 0 atom stereocenters. The minimum Gasteiger partial charge on any atom is -0.454 e. The van der Waals surface area contributed by atoms with Gasteiger partial charge in [0.15, 0.2) is 11.5 Å². The molecule has 2 aliphatic heterocycles. The molecule has 0 spiro atoms. The van der Waals surface area contributed by atoms with E-state index in [4.69, 9.17) is 21.1 Å². The number of carbonyl (C=O) groups is 1. The van der Waals surface area contributed by atoms with Crippen LogP contribution in [0.3, 0.4) is 0 Å². The van der Waals surface area contributed by atoms with Gasteiger partial charge in [0.2, 0.25) is 12.7 Å². The van der Waals surface area contributed by atoms with Gasteiger partial charge in [-0.3, -0.25) is 4.79 Å². The topological polar surface area (TPSA) is 97.3 Å². The zero-order valence-electron chi connectivity index (χ0n) is 16.8. The van der Waals surface area contributed by atoms with Crippen molar-refractivity contribution in [3.63, 3.8) is 0 Å². The quantitative estimate of drug-likeness (QED) is 0.606. The summed E-state index contributed by atoms with van der Waals surface area (Å²) in [5, 5.41) is 7.02. The van der Waals surface area contributed by atoms with E-state index in [1.807, 2.05) is 0 Å². The third-order valence-corrected chi connectivity index (χ3v) is 6.94. The van der Waals surface area contributed by atoms with Crippen molar-refractivity contribution in [2.75, 3.05) is 18.7 Å². The summed E-state index contributed by atoms with van der Waals surface area (Å²) in [7, 11) is -4.19. The Labute approximate surface area is 193 Å². The lowest BCUT2D eigenvalue weighted by atomic mass is 10.0. The average Bonchev–Trinajstić information content (AvgIpc) is 3.24. The third-order valence-electron chi connectivity index (χ3n) is 5.03. The van der Waals surface area contributed by atoms with Crippen LogP contribution in [0.25, 0.3) is 0 Å². The van der Waals surface area contributed by atoms with Gasteiger partial charge in [-0.25, -0.2) is 4.39 Å². The van der Waals surface area contributed by atoms with Crippen molar-refractivity contribution in [3.05, 3.63) is 82.6 Å². The molecule has 0 saturated heterocycles. The maximum Gasteiger partial charge on any atom is 0.280 e. The number of hydrazone groups is 1. The molecule has 8 nitrogen and oxygen atoms in total. The molecule has 0 bridgehead atoms. The highest BCUT2D eigenvalue weighted by atomic mass is 35.5. The van der Waals surface area contributed by atoms with Crippen LogP contribution in [0.15, 0.2) is 70.7 Å². The van der Waals surface area contributed by atoms with Gasteiger partial charge in [0.05, 0.1) is 4.90 Å². The Balaban J connectivity index is 1.50. The molecule has 0 aliphatic carbocycles. The lowest BCUT2D eigenvalue weighted by Gasteiger charge is -2.27. The van der Waals surface area contributed by atoms with E-state index in [9.17, 15) is 17.6 Å². The number of amides is 1. The summed E-state index contributed by atoms with van der Waals surface area (Å²) in [5.41, 5.74) is 0.678. The van der Waals surface area contributed by atoms with Crippen LogP contribution in [-0.4, -0.2) is 37.8 Å². The largest absolute Gasteiger partial charge is 0.454 e. The van der Waals surface area contributed by atoms with Gasteiger partial charge in [0.1, 0.15) is 18.1 Å². The molecule has 1 amide bonds. The zero-order valence-corrected chi connectivity index (χ0v) is 18.4. The molecule has 0 aromatic heterocycles. The van der Waals surface area contributed by atoms with E-state index >= 15 is 0 Å². The molecule has 1 N–H and O–H groups in total. The van der Waals surface area contributed by atoms with E-state index in [1.54, 1.807) is 24.3 Å². The molecule has 168 valence electrons. The predicted molar refractivity (Wildman–Crippen MR) is 119 cm³/mol. The first-order valence-electron chi connectivity index (χ1n) is 9.68. The van der Waals surface area contributed by atoms with E-state index in [0.29, 0.717) is 21.6 Å². The molecule has 0 radical (unpaired) electrons. The van der Waals surface area contributed by atoms with E-state index in [-0.39, 0.29) is 33.5 Å². The lowest BCUT2D eigenvalue weighted by Crippen LogP contribution is -2.38. The Morgan fingerprint density at radius 1 is 1.06 bits per heavy atom. The highest BCUT2D eigenvalue weighted by Gasteiger charge is 2.35. The molecule has 33 heavy (non-hydrogen) atoms. The summed E-state index contributed by atoms with van der Waals surface area (Å²) in [6.45, 7) is -0.549. The van der Waals surface area contributed by atoms with Crippen LogP contribution >= 0.6 is 11.6 Å². The fourth-order valence-electron chi connectivity index (χ4n) is 3.52. The Morgan fingerprint density at radius 3 is 2.67 bits per heavy atom. The molecule has 5 rings (SSSR count). The molecule has 2 heterocycles. The maximum absolute atomic E-state index is 14.6. The zero-order chi connectivity index (χ0) is 23.2. The summed E-state index contributed by atoms with van der Waals surface area (Å²) in [5.74, 6) is -0.234. The number of halogens is 2. The van der Waals surface area contributed by atoms with Crippen LogP contribution in [0.5, 0.6) is 11.5 Å². The van der Waals surface area contributed by atoms with Gasteiger partial charge in [-0.05, 0) is 42.5 Å². The van der Waals surface area contributed by atoms with Crippen molar-refractivity contribution in [2.45, 2.75) is 4.90 Å². The number of anilines is 1. The Morgan fingerprint density at radius 2 is 1.85 bits per heavy atom. The molecule has 3 aromatic carbocycles. The number of carbonyl (C=O) groups excluding carboxylic acids is 1. The maximum atomic E-state index is 14.6. The number of hydrogen-bond donors (Lipinski definition) is 1. The van der Waals surface area contributed by atoms with Crippen LogP contribution in [0.4, 0.5) is 10.1 Å². The molecule has 11 heteroatoms. The minimum atomic E-state index is -4.19. The molecular formula is C22H15ClFN3O5S. The van der Waals surface area contributed by atoms with Gasteiger partial charge in [-0.1, -0.05) is 23.7 Å². The SMILES string of the molecule is O=C(CN1N=C(c2ccccc2F)c2cc(Cl)ccc2S1(=O)=O)Nc1ccc2c(c1)OCO2. The first kappa shape index (κ1) is 21.2. The van der Waals surface area contributed by atoms with Crippen molar-refractivity contribution in [2.24, 2.45) is 5.10 Å². The van der Waals surface area contributed by atoms with E-state index in [2.05, 4.69) is 10.4 Å². The minimum absolute atomic E-state index is 0.0521. The summed E-state index contributed by atoms with van der Waals surface area (Å²) >= 11 is 6.07. The summed E-state index contributed by atoms with van der Waals surface area (Å²) in [4.78, 5) is 12.6. The predicted octanol–water partition coefficient (Wildman–Crippen LogP) is 3.60. The Kier molecular flexibility index (Phi) is 5.18. The van der Waals surface area contributed by atoms with E-state index in [1.165, 1.54) is 36.4 Å². The number of nitrogens with one attached hydrogen (secondary N) is 1. The second-order valence-corrected chi connectivity index (χ2v) is 9.42. The Bertz CT molecular complexity index is 1430. The lowest BCUT2D eigenvalue weighted by molar-refractivity contribution is -0.116. The first-order chi connectivity index (χ1) is 15.8. The summed E-state index contributed by atoms with van der Waals surface area (Å²) < 4.78 is 52.1.